The van der Waals surface area contributed by atoms with Gasteiger partial charge in [-0.2, -0.15) is 13.2 Å². The Kier molecular flexibility index (Phi) is 5.24. The van der Waals surface area contributed by atoms with E-state index in [1.54, 1.807) is 6.92 Å². The summed E-state index contributed by atoms with van der Waals surface area (Å²) >= 11 is 0. The molecule has 0 radical (unpaired) electrons. The predicted octanol–water partition coefficient (Wildman–Crippen LogP) is 2.69. The monoisotopic (exact) mass is 280 g/mol. The maximum atomic E-state index is 12.3. The number of hydrogen-bond donors (Lipinski definition) is 1. The molecule has 0 aliphatic heterocycles. The first-order chi connectivity index (χ1) is 8.65. The van der Waals surface area contributed by atoms with Crippen LogP contribution in [0.25, 0.3) is 0 Å². The highest BCUT2D eigenvalue weighted by Gasteiger charge is 2.37. The molecule has 0 saturated heterocycles. The standard InChI is InChI=1S/C13H23F3N2O/c1-3-6-12(2,17)11(19)18(9-10-4-5-10)8-7-13(14,15)16/h10H,3-9,17H2,1-2H3. The SMILES string of the molecule is CCCC(C)(N)C(=O)N(CCC(F)(F)F)CC1CC1. The minimum atomic E-state index is -4.24. The van der Waals surface area contributed by atoms with Gasteiger partial charge in [-0.25, -0.2) is 0 Å². The van der Waals surface area contributed by atoms with Crippen molar-refractivity contribution < 1.29 is 18.0 Å². The minimum Gasteiger partial charge on any atom is -0.340 e. The van der Waals surface area contributed by atoms with E-state index in [2.05, 4.69) is 0 Å². The van der Waals surface area contributed by atoms with Gasteiger partial charge in [-0.05, 0) is 32.1 Å². The van der Waals surface area contributed by atoms with Gasteiger partial charge in [-0.3, -0.25) is 4.79 Å². The van der Waals surface area contributed by atoms with Crippen LogP contribution in [-0.4, -0.2) is 35.6 Å². The Morgan fingerprint density at radius 1 is 1.32 bits per heavy atom. The first-order valence-electron chi connectivity index (χ1n) is 6.80. The summed E-state index contributed by atoms with van der Waals surface area (Å²) in [7, 11) is 0. The number of hydrogen-bond acceptors (Lipinski definition) is 2. The molecule has 0 aromatic rings. The molecular weight excluding hydrogens is 257 g/mol. The molecule has 1 atom stereocenters. The van der Waals surface area contributed by atoms with E-state index in [4.69, 9.17) is 5.73 Å². The van der Waals surface area contributed by atoms with E-state index in [0.717, 1.165) is 19.3 Å². The second kappa shape index (κ2) is 6.11. The van der Waals surface area contributed by atoms with Crippen LogP contribution in [0.15, 0.2) is 0 Å². The largest absolute Gasteiger partial charge is 0.390 e. The number of alkyl halides is 3. The third kappa shape index (κ3) is 5.80. The van der Waals surface area contributed by atoms with Crippen molar-refractivity contribution in [2.24, 2.45) is 11.7 Å². The Balaban J connectivity index is 2.63. The molecule has 0 bridgehead atoms. The molecule has 1 fully saturated rings. The summed E-state index contributed by atoms with van der Waals surface area (Å²) in [5.41, 5.74) is 4.87. The number of halogens is 3. The summed E-state index contributed by atoms with van der Waals surface area (Å²) in [6.07, 6.45) is -2.00. The van der Waals surface area contributed by atoms with Gasteiger partial charge in [0.1, 0.15) is 0 Å². The second-order valence-corrected chi connectivity index (χ2v) is 5.73. The Morgan fingerprint density at radius 2 is 1.89 bits per heavy atom. The fourth-order valence-corrected chi connectivity index (χ4v) is 2.14. The van der Waals surface area contributed by atoms with Crippen molar-refractivity contribution in [3.05, 3.63) is 0 Å². The van der Waals surface area contributed by atoms with Crippen LogP contribution >= 0.6 is 0 Å². The number of rotatable bonds is 7. The van der Waals surface area contributed by atoms with Gasteiger partial charge in [0, 0.05) is 13.1 Å². The fourth-order valence-electron chi connectivity index (χ4n) is 2.14. The van der Waals surface area contributed by atoms with Crippen molar-refractivity contribution >= 4 is 5.91 Å². The number of carbonyl (C=O) groups is 1. The normalized spacial score (nSPS) is 19.1. The molecular formula is C13H23F3N2O. The van der Waals surface area contributed by atoms with Gasteiger partial charge in [0.2, 0.25) is 5.91 Å². The van der Waals surface area contributed by atoms with E-state index >= 15 is 0 Å². The van der Waals surface area contributed by atoms with E-state index in [1.165, 1.54) is 4.90 Å². The second-order valence-electron chi connectivity index (χ2n) is 5.73. The van der Waals surface area contributed by atoms with E-state index in [9.17, 15) is 18.0 Å². The van der Waals surface area contributed by atoms with Crippen LogP contribution in [0, 0.1) is 5.92 Å². The van der Waals surface area contributed by atoms with Crippen LogP contribution in [0.4, 0.5) is 13.2 Å². The molecule has 1 aliphatic rings. The number of nitrogens with zero attached hydrogens (tertiary/aromatic N) is 1. The molecule has 1 unspecified atom stereocenters. The molecule has 0 aromatic heterocycles. The van der Waals surface area contributed by atoms with Gasteiger partial charge in [-0.1, -0.05) is 13.3 Å². The van der Waals surface area contributed by atoms with Gasteiger partial charge in [0.15, 0.2) is 0 Å². The highest BCUT2D eigenvalue weighted by Crippen LogP contribution is 2.31. The van der Waals surface area contributed by atoms with E-state index in [0.29, 0.717) is 18.9 Å². The topological polar surface area (TPSA) is 46.3 Å². The number of nitrogens with two attached hydrogens (primary N) is 1. The van der Waals surface area contributed by atoms with Crippen LogP contribution in [0.3, 0.4) is 0 Å². The molecule has 2 N–H and O–H groups in total. The van der Waals surface area contributed by atoms with Crippen molar-refractivity contribution in [1.82, 2.24) is 4.90 Å². The lowest BCUT2D eigenvalue weighted by Crippen LogP contribution is -2.54. The summed E-state index contributed by atoms with van der Waals surface area (Å²) in [6.45, 7) is 3.63. The summed E-state index contributed by atoms with van der Waals surface area (Å²) in [6, 6.07) is 0. The minimum absolute atomic E-state index is 0.282. The lowest BCUT2D eigenvalue weighted by molar-refractivity contribution is -0.148. The zero-order chi connectivity index (χ0) is 14.7. The molecule has 3 nitrogen and oxygen atoms in total. The maximum Gasteiger partial charge on any atom is 0.390 e. The van der Waals surface area contributed by atoms with E-state index < -0.39 is 18.1 Å². The Hall–Kier alpha value is -0.780. The Bertz CT molecular complexity index is 312. The molecule has 19 heavy (non-hydrogen) atoms. The van der Waals surface area contributed by atoms with Crippen molar-refractivity contribution in [3.63, 3.8) is 0 Å². The molecule has 0 aromatic carbocycles. The van der Waals surface area contributed by atoms with Crippen molar-refractivity contribution in [2.45, 2.75) is 57.7 Å². The third-order valence-electron chi connectivity index (χ3n) is 3.39. The number of amides is 1. The van der Waals surface area contributed by atoms with Crippen molar-refractivity contribution in [3.8, 4) is 0 Å². The predicted molar refractivity (Wildman–Crippen MR) is 67.5 cm³/mol. The van der Waals surface area contributed by atoms with E-state index in [-0.39, 0.29) is 12.5 Å². The highest BCUT2D eigenvalue weighted by molar-refractivity contribution is 5.85. The smallest absolute Gasteiger partial charge is 0.340 e. The number of carbonyl (C=O) groups excluding carboxylic acids is 1. The first kappa shape index (κ1) is 16.3. The zero-order valence-electron chi connectivity index (χ0n) is 11.6. The zero-order valence-corrected chi connectivity index (χ0v) is 11.6. The summed E-state index contributed by atoms with van der Waals surface area (Å²) in [5.74, 6) is 0.000102. The van der Waals surface area contributed by atoms with Gasteiger partial charge in [0.05, 0.1) is 12.0 Å². The molecule has 0 heterocycles. The highest BCUT2D eigenvalue weighted by atomic mass is 19.4. The summed E-state index contributed by atoms with van der Waals surface area (Å²) in [5, 5.41) is 0. The van der Waals surface area contributed by atoms with Crippen LogP contribution in [-0.2, 0) is 4.79 Å². The molecule has 1 saturated carbocycles. The molecule has 6 heteroatoms. The lowest BCUT2D eigenvalue weighted by atomic mass is 9.95. The molecule has 0 spiro atoms. The average Bonchev–Trinajstić information content (AvgIpc) is 3.05. The van der Waals surface area contributed by atoms with E-state index in [1.807, 2.05) is 6.92 Å². The lowest BCUT2D eigenvalue weighted by Gasteiger charge is -2.32. The molecule has 1 aliphatic carbocycles. The van der Waals surface area contributed by atoms with Crippen molar-refractivity contribution in [1.29, 1.82) is 0 Å². The fraction of sp³-hybridized carbons (Fsp3) is 0.923. The van der Waals surface area contributed by atoms with Crippen molar-refractivity contribution in [2.75, 3.05) is 13.1 Å². The Labute approximate surface area is 112 Å². The average molecular weight is 280 g/mol. The Morgan fingerprint density at radius 3 is 2.32 bits per heavy atom. The van der Waals surface area contributed by atoms with Crippen LogP contribution in [0.1, 0.15) is 46.0 Å². The molecule has 1 amide bonds. The maximum absolute atomic E-state index is 12.3. The van der Waals surface area contributed by atoms with Crippen LogP contribution < -0.4 is 5.73 Å². The van der Waals surface area contributed by atoms with Crippen LogP contribution in [0.5, 0.6) is 0 Å². The molecule has 112 valence electrons. The first-order valence-corrected chi connectivity index (χ1v) is 6.80. The quantitative estimate of drug-likeness (QED) is 0.779. The van der Waals surface area contributed by atoms with Gasteiger partial charge < -0.3 is 10.6 Å². The summed E-state index contributed by atoms with van der Waals surface area (Å²) < 4.78 is 36.9. The third-order valence-corrected chi connectivity index (χ3v) is 3.39. The molecule has 1 rings (SSSR count). The van der Waals surface area contributed by atoms with Gasteiger partial charge >= 0.3 is 6.18 Å². The van der Waals surface area contributed by atoms with Gasteiger partial charge in [-0.15, -0.1) is 0 Å². The van der Waals surface area contributed by atoms with Crippen LogP contribution in [0.2, 0.25) is 0 Å². The van der Waals surface area contributed by atoms with Gasteiger partial charge in [0.25, 0.3) is 0 Å². The summed E-state index contributed by atoms with van der Waals surface area (Å²) in [4.78, 5) is 13.6.